The predicted octanol–water partition coefficient (Wildman–Crippen LogP) is 2.71. The van der Waals surface area contributed by atoms with E-state index in [4.69, 9.17) is 4.74 Å². The maximum absolute atomic E-state index is 5.39. The number of nitrogens with zero attached hydrogens (tertiary/aromatic N) is 1. The number of nitrogens with one attached hydrogen (secondary N) is 1. The van der Waals surface area contributed by atoms with Crippen LogP contribution >= 0.6 is 11.3 Å². The van der Waals surface area contributed by atoms with Crippen LogP contribution in [0, 0.1) is 0 Å². The molecule has 1 aliphatic heterocycles. The van der Waals surface area contributed by atoms with Crippen molar-refractivity contribution in [2.45, 2.75) is 19.5 Å². The zero-order valence-corrected chi connectivity index (χ0v) is 12.8. The van der Waals surface area contributed by atoms with E-state index in [-0.39, 0.29) is 0 Å². The van der Waals surface area contributed by atoms with Crippen molar-refractivity contribution >= 4 is 21.4 Å². The van der Waals surface area contributed by atoms with Crippen molar-refractivity contribution in [3.63, 3.8) is 0 Å². The molecule has 4 heteroatoms. The first-order chi connectivity index (χ1) is 9.83. The minimum atomic E-state index is 0.506. The lowest BCUT2D eigenvalue weighted by Gasteiger charge is -2.29. The van der Waals surface area contributed by atoms with E-state index >= 15 is 0 Å². The molecule has 3 rings (SSSR count). The van der Waals surface area contributed by atoms with E-state index in [1.165, 1.54) is 15.6 Å². The highest BCUT2D eigenvalue weighted by Gasteiger charge is 2.13. The molecule has 1 aliphatic rings. The quantitative estimate of drug-likeness (QED) is 0.916. The summed E-state index contributed by atoms with van der Waals surface area (Å²) in [5.74, 6) is 0. The molecule has 2 aromatic rings. The van der Waals surface area contributed by atoms with E-state index in [1.807, 2.05) is 11.3 Å². The highest BCUT2D eigenvalue weighted by atomic mass is 32.1. The molecule has 0 radical (unpaired) electrons. The Hall–Kier alpha value is -0.940. The molecule has 1 atom stereocenters. The van der Waals surface area contributed by atoms with Gasteiger partial charge in [-0.05, 0) is 29.3 Å². The van der Waals surface area contributed by atoms with Gasteiger partial charge in [0.05, 0.1) is 13.2 Å². The lowest BCUT2D eigenvalue weighted by atomic mass is 10.1. The summed E-state index contributed by atoms with van der Waals surface area (Å²) in [6, 6.07) is 9.15. The molecule has 2 heterocycles. The largest absolute Gasteiger partial charge is 0.379 e. The second kappa shape index (κ2) is 6.68. The first-order valence-corrected chi connectivity index (χ1v) is 8.19. The van der Waals surface area contributed by atoms with Gasteiger partial charge in [0.25, 0.3) is 0 Å². The average molecular weight is 290 g/mol. The summed E-state index contributed by atoms with van der Waals surface area (Å²) < 4.78 is 6.77. The minimum Gasteiger partial charge on any atom is -0.379 e. The van der Waals surface area contributed by atoms with Gasteiger partial charge in [-0.1, -0.05) is 18.2 Å². The summed E-state index contributed by atoms with van der Waals surface area (Å²) in [6.07, 6.45) is 0. The van der Waals surface area contributed by atoms with Crippen LogP contribution in [0.1, 0.15) is 12.5 Å². The van der Waals surface area contributed by atoms with Crippen LogP contribution in [-0.4, -0.2) is 43.8 Å². The average Bonchev–Trinajstić information content (AvgIpc) is 2.89. The zero-order valence-electron chi connectivity index (χ0n) is 12.0. The van der Waals surface area contributed by atoms with Crippen LogP contribution in [0.15, 0.2) is 29.6 Å². The lowest BCUT2D eigenvalue weighted by molar-refractivity contribution is 0.0343. The number of hydrogen-bond acceptors (Lipinski definition) is 4. The highest BCUT2D eigenvalue weighted by Crippen LogP contribution is 2.25. The van der Waals surface area contributed by atoms with Crippen LogP contribution in [0.5, 0.6) is 0 Å². The van der Waals surface area contributed by atoms with Crippen LogP contribution in [0.3, 0.4) is 0 Å². The van der Waals surface area contributed by atoms with Crippen molar-refractivity contribution in [3.05, 3.63) is 35.2 Å². The van der Waals surface area contributed by atoms with Gasteiger partial charge in [0.1, 0.15) is 0 Å². The third kappa shape index (κ3) is 3.38. The van der Waals surface area contributed by atoms with Gasteiger partial charge in [0, 0.05) is 36.9 Å². The van der Waals surface area contributed by atoms with E-state index in [9.17, 15) is 0 Å². The Bertz CT molecular complexity index is 548. The fourth-order valence-electron chi connectivity index (χ4n) is 2.69. The Balaban J connectivity index is 1.53. The fraction of sp³-hybridized carbons (Fsp3) is 0.500. The smallest absolute Gasteiger partial charge is 0.0594 e. The molecule has 0 bridgehead atoms. The number of benzene rings is 1. The van der Waals surface area contributed by atoms with E-state index in [2.05, 4.69) is 46.8 Å². The van der Waals surface area contributed by atoms with Gasteiger partial charge in [0.15, 0.2) is 0 Å². The standard InChI is InChI=1S/C16H22N2OS/c1-13(11-18-6-8-19-9-7-18)17-10-14-12-20-16-5-3-2-4-15(14)16/h2-5,12-13,17H,6-11H2,1H3. The number of fused-ring (bicyclic) bond motifs is 1. The molecule has 0 aliphatic carbocycles. The molecular formula is C16H22N2OS. The molecule has 3 nitrogen and oxygen atoms in total. The second-order valence-electron chi connectivity index (χ2n) is 5.45. The monoisotopic (exact) mass is 290 g/mol. The predicted molar refractivity (Wildman–Crippen MR) is 85.4 cm³/mol. The Labute approximate surface area is 124 Å². The Kier molecular flexibility index (Phi) is 4.68. The zero-order chi connectivity index (χ0) is 13.8. The Morgan fingerprint density at radius 2 is 2.10 bits per heavy atom. The van der Waals surface area contributed by atoms with Gasteiger partial charge in [0.2, 0.25) is 0 Å². The van der Waals surface area contributed by atoms with Crippen LogP contribution in [-0.2, 0) is 11.3 Å². The van der Waals surface area contributed by atoms with Crippen LogP contribution < -0.4 is 5.32 Å². The Morgan fingerprint density at radius 1 is 1.30 bits per heavy atom. The van der Waals surface area contributed by atoms with Gasteiger partial charge in [-0.25, -0.2) is 0 Å². The molecule has 0 spiro atoms. The molecule has 1 saturated heterocycles. The molecule has 1 unspecified atom stereocenters. The van der Waals surface area contributed by atoms with Crippen molar-refractivity contribution in [1.82, 2.24) is 10.2 Å². The van der Waals surface area contributed by atoms with Crippen molar-refractivity contribution < 1.29 is 4.74 Å². The molecule has 20 heavy (non-hydrogen) atoms. The number of morpholine rings is 1. The van der Waals surface area contributed by atoms with E-state index in [0.717, 1.165) is 39.4 Å². The molecule has 0 amide bonds. The third-order valence-electron chi connectivity index (χ3n) is 3.84. The van der Waals surface area contributed by atoms with Crippen LogP contribution in [0.4, 0.5) is 0 Å². The second-order valence-corrected chi connectivity index (χ2v) is 6.36. The maximum atomic E-state index is 5.39. The fourth-order valence-corrected chi connectivity index (χ4v) is 3.65. The van der Waals surface area contributed by atoms with Gasteiger partial charge in [-0.2, -0.15) is 0 Å². The summed E-state index contributed by atoms with van der Waals surface area (Å²) in [5.41, 5.74) is 1.42. The topological polar surface area (TPSA) is 24.5 Å². The molecule has 0 saturated carbocycles. The van der Waals surface area contributed by atoms with Crippen LogP contribution in [0.25, 0.3) is 10.1 Å². The number of thiophene rings is 1. The van der Waals surface area contributed by atoms with Crippen molar-refractivity contribution in [2.24, 2.45) is 0 Å². The van der Waals surface area contributed by atoms with E-state index in [1.54, 1.807) is 0 Å². The van der Waals surface area contributed by atoms with Crippen molar-refractivity contribution in [2.75, 3.05) is 32.8 Å². The molecule has 108 valence electrons. The van der Waals surface area contributed by atoms with Crippen molar-refractivity contribution in [1.29, 1.82) is 0 Å². The van der Waals surface area contributed by atoms with Gasteiger partial charge < -0.3 is 10.1 Å². The first kappa shape index (κ1) is 14.0. The molecule has 1 fully saturated rings. The SMILES string of the molecule is CC(CN1CCOCC1)NCc1csc2ccccc12. The van der Waals surface area contributed by atoms with E-state index in [0.29, 0.717) is 6.04 Å². The molecule has 1 N–H and O–H groups in total. The van der Waals surface area contributed by atoms with Crippen LogP contribution in [0.2, 0.25) is 0 Å². The summed E-state index contributed by atoms with van der Waals surface area (Å²) in [5, 5.41) is 7.32. The normalized spacial score (nSPS) is 18.4. The number of rotatable bonds is 5. The van der Waals surface area contributed by atoms with Gasteiger partial charge in [-0.3, -0.25) is 4.90 Å². The summed E-state index contributed by atoms with van der Waals surface area (Å²) in [7, 11) is 0. The summed E-state index contributed by atoms with van der Waals surface area (Å²) >= 11 is 1.83. The maximum Gasteiger partial charge on any atom is 0.0594 e. The Morgan fingerprint density at radius 3 is 2.95 bits per heavy atom. The van der Waals surface area contributed by atoms with Gasteiger partial charge >= 0.3 is 0 Å². The molecular weight excluding hydrogens is 268 g/mol. The minimum absolute atomic E-state index is 0.506. The highest BCUT2D eigenvalue weighted by molar-refractivity contribution is 7.17. The van der Waals surface area contributed by atoms with Gasteiger partial charge in [-0.15, -0.1) is 11.3 Å². The summed E-state index contributed by atoms with van der Waals surface area (Å²) in [6.45, 7) is 8.20. The number of hydrogen-bond donors (Lipinski definition) is 1. The molecule has 1 aromatic heterocycles. The first-order valence-electron chi connectivity index (χ1n) is 7.31. The summed E-state index contributed by atoms with van der Waals surface area (Å²) in [4.78, 5) is 2.48. The van der Waals surface area contributed by atoms with E-state index < -0.39 is 0 Å². The van der Waals surface area contributed by atoms with Crippen molar-refractivity contribution in [3.8, 4) is 0 Å². The lowest BCUT2D eigenvalue weighted by Crippen LogP contribution is -2.44. The third-order valence-corrected chi connectivity index (χ3v) is 4.85. The number of ether oxygens (including phenoxy) is 1. The molecule has 1 aromatic carbocycles.